The first-order chi connectivity index (χ1) is 13.1. The van der Waals surface area contributed by atoms with Gasteiger partial charge in [-0.2, -0.15) is 0 Å². The van der Waals surface area contributed by atoms with Gasteiger partial charge in [0.1, 0.15) is 0 Å². The lowest BCUT2D eigenvalue weighted by molar-refractivity contribution is 0.354. The van der Waals surface area contributed by atoms with Gasteiger partial charge in [0, 0.05) is 13.1 Å². The molecule has 1 heterocycles. The zero-order chi connectivity index (χ0) is 19.2. The van der Waals surface area contributed by atoms with Crippen molar-refractivity contribution in [1.82, 2.24) is 14.9 Å². The number of ether oxygens (including phenoxy) is 2. The molecule has 0 saturated heterocycles. The molecule has 8 heteroatoms. The van der Waals surface area contributed by atoms with Crippen LogP contribution in [0, 0.1) is 0 Å². The molecule has 4 N–H and O–H groups in total. The lowest BCUT2D eigenvalue weighted by Gasteiger charge is -2.09. The van der Waals surface area contributed by atoms with Gasteiger partial charge in [-0.25, -0.2) is 9.79 Å². The van der Waals surface area contributed by atoms with E-state index in [-0.39, 0.29) is 5.69 Å². The van der Waals surface area contributed by atoms with Gasteiger partial charge >= 0.3 is 5.69 Å². The van der Waals surface area contributed by atoms with Crippen molar-refractivity contribution in [2.75, 3.05) is 20.8 Å². The minimum absolute atomic E-state index is 0.140. The topological polar surface area (TPSA) is 107 Å². The van der Waals surface area contributed by atoms with Gasteiger partial charge < -0.3 is 25.5 Å². The molecule has 1 aromatic heterocycles. The number of aromatic amines is 1. The van der Waals surface area contributed by atoms with Crippen LogP contribution in [0.5, 0.6) is 11.5 Å². The van der Waals surface area contributed by atoms with Crippen molar-refractivity contribution in [1.29, 1.82) is 0 Å². The van der Waals surface area contributed by atoms with E-state index in [0.717, 1.165) is 16.6 Å². The second kappa shape index (κ2) is 8.31. The number of methoxy groups -OCH3 is 2. The van der Waals surface area contributed by atoms with Crippen molar-refractivity contribution in [3.05, 3.63) is 58.5 Å². The van der Waals surface area contributed by atoms with E-state index in [1.807, 2.05) is 42.5 Å². The number of hydrogen-bond donors (Lipinski definition) is 3. The number of guanidine groups is 1. The van der Waals surface area contributed by atoms with Gasteiger partial charge in [0.25, 0.3) is 0 Å². The summed E-state index contributed by atoms with van der Waals surface area (Å²) in [5.74, 6) is 1.63. The van der Waals surface area contributed by atoms with Crippen molar-refractivity contribution < 1.29 is 9.47 Å². The number of benzene rings is 2. The average Bonchev–Trinajstić information content (AvgIpc) is 3.01. The number of hydrogen-bond acceptors (Lipinski definition) is 4. The highest BCUT2D eigenvalue weighted by Crippen LogP contribution is 2.27. The summed E-state index contributed by atoms with van der Waals surface area (Å²) in [7, 11) is 3.18. The fraction of sp³-hybridized carbons (Fsp3) is 0.263. The summed E-state index contributed by atoms with van der Waals surface area (Å²) in [5.41, 5.74) is 8.42. The second-order valence-electron chi connectivity index (χ2n) is 5.92. The van der Waals surface area contributed by atoms with Crippen LogP contribution >= 0.6 is 0 Å². The second-order valence-corrected chi connectivity index (χ2v) is 5.92. The number of H-pyrrole nitrogens is 1. The lowest BCUT2D eigenvalue weighted by Crippen LogP contribution is -2.35. The first-order valence-corrected chi connectivity index (χ1v) is 8.54. The number of aliphatic imine (C=N–C) groups is 1. The van der Waals surface area contributed by atoms with Crippen molar-refractivity contribution in [2.45, 2.75) is 13.1 Å². The van der Waals surface area contributed by atoms with Crippen molar-refractivity contribution in [3.8, 4) is 11.5 Å². The molecule has 0 atom stereocenters. The van der Waals surface area contributed by atoms with Crippen LogP contribution in [0.15, 0.2) is 52.3 Å². The molecular weight excluding hydrogens is 346 g/mol. The zero-order valence-electron chi connectivity index (χ0n) is 15.4. The molecule has 27 heavy (non-hydrogen) atoms. The van der Waals surface area contributed by atoms with Gasteiger partial charge in [0.15, 0.2) is 17.5 Å². The summed E-state index contributed by atoms with van der Waals surface area (Å²) < 4.78 is 12.2. The van der Waals surface area contributed by atoms with Gasteiger partial charge in [-0.3, -0.25) is 4.57 Å². The third kappa shape index (κ3) is 4.22. The molecule has 8 nitrogen and oxygen atoms in total. The van der Waals surface area contributed by atoms with Gasteiger partial charge in [-0.1, -0.05) is 18.2 Å². The largest absolute Gasteiger partial charge is 0.493 e. The first kappa shape index (κ1) is 18.4. The summed E-state index contributed by atoms with van der Waals surface area (Å²) in [6.07, 6.45) is 0. The van der Waals surface area contributed by atoms with E-state index in [0.29, 0.717) is 37.1 Å². The summed E-state index contributed by atoms with van der Waals surface area (Å²) in [6.45, 7) is 1.38. The molecule has 0 fully saturated rings. The predicted octanol–water partition coefficient (Wildman–Crippen LogP) is 1.45. The van der Waals surface area contributed by atoms with Crippen LogP contribution in [0.4, 0.5) is 0 Å². The highest BCUT2D eigenvalue weighted by atomic mass is 16.5. The number of fused-ring (bicyclic) bond motifs is 1. The fourth-order valence-electron chi connectivity index (χ4n) is 2.84. The SMILES string of the molecule is COc1ccc(CN=C(N)NCCn2c(=O)[nH]c3ccccc32)cc1OC. The Balaban J connectivity index is 1.58. The molecule has 2 aromatic carbocycles. The molecule has 142 valence electrons. The minimum Gasteiger partial charge on any atom is -0.493 e. The molecule has 3 aromatic rings. The Kier molecular flexibility index (Phi) is 5.65. The highest BCUT2D eigenvalue weighted by Gasteiger charge is 2.06. The monoisotopic (exact) mass is 369 g/mol. The van der Waals surface area contributed by atoms with Gasteiger partial charge in [-0.15, -0.1) is 0 Å². The molecule has 0 unspecified atom stereocenters. The summed E-state index contributed by atoms with van der Waals surface area (Å²) in [6, 6.07) is 13.2. The van der Waals surface area contributed by atoms with Crippen LogP contribution in [0.3, 0.4) is 0 Å². The molecule has 0 radical (unpaired) electrons. The summed E-state index contributed by atoms with van der Waals surface area (Å²) in [4.78, 5) is 19.2. The molecule has 0 bridgehead atoms. The number of nitrogens with one attached hydrogen (secondary N) is 2. The normalized spacial score (nSPS) is 11.6. The Hall–Kier alpha value is -3.42. The Morgan fingerprint density at radius 1 is 1.19 bits per heavy atom. The van der Waals surface area contributed by atoms with E-state index in [9.17, 15) is 4.79 Å². The van der Waals surface area contributed by atoms with E-state index in [1.165, 1.54) is 0 Å². The molecule has 3 rings (SSSR count). The fourth-order valence-corrected chi connectivity index (χ4v) is 2.84. The van der Waals surface area contributed by atoms with E-state index in [4.69, 9.17) is 15.2 Å². The molecule has 0 aliphatic carbocycles. The third-order valence-electron chi connectivity index (χ3n) is 4.20. The number of nitrogens with zero attached hydrogens (tertiary/aromatic N) is 2. The predicted molar refractivity (Wildman–Crippen MR) is 105 cm³/mol. The molecule has 0 spiro atoms. The minimum atomic E-state index is -0.140. The number of nitrogens with two attached hydrogens (primary N) is 1. The Labute approximate surface area is 156 Å². The number of aromatic nitrogens is 2. The maximum absolute atomic E-state index is 12.0. The number of para-hydroxylation sites is 2. The quantitative estimate of drug-likeness (QED) is 0.432. The van der Waals surface area contributed by atoms with Crippen LogP contribution in [0.1, 0.15) is 5.56 Å². The van der Waals surface area contributed by atoms with Crippen LogP contribution in [-0.2, 0) is 13.1 Å². The maximum atomic E-state index is 12.0. The van der Waals surface area contributed by atoms with Gasteiger partial charge in [-0.05, 0) is 29.8 Å². The zero-order valence-corrected chi connectivity index (χ0v) is 15.4. The van der Waals surface area contributed by atoms with E-state index >= 15 is 0 Å². The highest BCUT2D eigenvalue weighted by molar-refractivity contribution is 5.78. The number of rotatable bonds is 7. The van der Waals surface area contributed by atoms with Crippen molar-refractivity contribution in [2.24, 2.45) is 10.7 Å². The van der Waals surface area contributed by atoms with E-state index < -0.39 is 0 Å². The summed E-state index contributed by atoms with van der Waals surface area (Å²) in [5, 5.41) is 3.03. The van der Waals surface area contributed by atoms with E-state index in [2.05, 4.69) is 15.3 Å². The van der Waals surface area contributed by atoms with Crippen LogP contribution < -0.4 is 26.2 Å². The Bertz CT molecular complexity index is 1010. The van der Waals surface area contributed by atoms with Crippen molar-refractivity contribution in [3.63, 3.8) is 0 Å². The lowest BCUT2D eigenvalue weighted by atomic mass is 10.2. The standard InChI is InChI=1S/C19H23N5O3/c1-26-16-8-7-13(11-17(16)27-2)12-22-18(20)21-9-10-24-15-6-4-3-5-14(15)23-19(24)25/h3-8,11H,9-10,12H2,1-2H3,(H,23,25)(H3,20,21,22). The van der Waals surface area contributed by atoms with Crippen LogP contribution in [0.2, 0.25) is 0 Å². The van der Waals surface area contributed by atoms with Gasteiger partial charge in [0.2, 0.25) is 0 Å². The molecule has 0 aliphatic heterocycles. The molecular formula is C19H23N5O3. The van der Waals surface area contributed by atoms with E-state index in [1.54, 1.807) is 18.8 Å². The Morgan fingerprint density at radius 3 is 2.74 bits per heavy atom. The maximum Gasteiger partial charge on any atom is 0.326 e. The molecule has 0 saturated carbocycles. The third-order valence-corrected chi connectivity index (χ3v) is 4.20. The first-order valence-electron chi connectivity index (χ1n) is 8.54. The Morgan fingerprint density at radius 2 is 1.96 bits per heavy atom. The van der Waals surface area contributed by atoms with Crippen LogP contribution in [0.25, 0.3) is 11.0 Å². The summed E-state index contributed by atoms with van der Waals surface area (Å²) >= 11 is 0. The van der Waals surface area contributed by atoms with Crippen LogP contribution in [-0.4, -0.2) is 36.3 Å². The van der Waals surface area contributed by atoms with Gasteiger partial charge in [0.05, 0.1) is 31.8 Å². The number of imidazole rings is 1. The average molecular weight is 369 g/mol. The molecule has 0 aliphatic rings. The smallest absolute Gasteiger partial charge is 0.326 e. The van der Waals surface area contributed by atoms with Crippen molar-refractivity contribution >= 4 is 17.0 Å². The molecule has 0 amide bonds.